The highest BCUT2D eigenvalue weighted by Gasteiger charge is 2.36. The molecule has 2 aromatic carbocycles. The van der Waals surface area contributed by atoms with Gasteiger partial charge in [0.05, 0.1) is 16.5 Å². The van der Waals surface area contributed by atoms with Crippen LogP contribution in [0.15, 0.2) is 41.3 Å². The first-order valence-corrected chi connectivity index (χ1v) is 8.58. The maximum absolute atomic E-state index is 13.9. The number of nitrogens with zero attached hydrogens (tertiary/aromatic N) is 1. The zero-order valence-electron chi connectivity index (χ0n) is 12.4. The van der Waals surface area contributed by atoms with E-state index in [-0.39, 0.29) is 32.6 Å². The summed E-state index contributed by atoms with van der Waals surface area (Å²) in [5.74, 6) is -1.89. The van der Waals surface area contributed by atoms with E-state index in [1.807, 2.05) is 0 Å². The minimum absolute atomic E-state index is 0.00413. The van der Waals surface area contributed by atoms with Crippen molar-refractivity contribution in [2.24, 2.45) is 0 Å². The van der Waals surface area contributed by atoms with Gasteiger partial charge in [0.2, 0.25) is 0 Å². The van der Waals surface area contributed by atoms with Crippen LogP contribution in [0, 0.1) is 11.6 Å². The highest BCUT2D eigenvalue weighted by molar-refractivity contribution is 8.18. The van der Waals surface area contributed by atoms with Gasteiger partial charge in [-0.1, -0.05) is 35.3 Å². The monoisotopic (exact) mass is 399 g/mol. The number of carbonyl (C=O) groups excluding carboxylic acids is 2. The van der Waals surface area contributed by atoms with Crippen LogP contribution in [0.1, 0.15) is 11.1 Å². The summed E-state index contributed by atoms with van der Waals surface area (Å²) in [6.45, 7) is -0.307. The Labute approximate surface area is 156 Å². The summed E-state index contributed by atoms with van der Waals surface area (Å²) in [5.41, 5.74) is 0.0511. The number of halogens is 4. The largest absolute Gasteiger partial charge is 0.293 e. The van der Waals surface area contributed by atoms with E-state index in [2.05, 4.69) is 0 Å². The molecule has 0 aromatic heterocycles. The van der Waals surface area contributed by atoms with E-state index in [0.717, 1.165) is 4.90 Å². The van der Waals surface area contributed by atoms with Gasteiger partial charge >= 0.3 is 0 Å². The summed E-state index contributed by atoms with van der Waals surface area (Å²) in [6, 6.07) is 8.18. The van der Waals surface area contributed by atoms with Crippen LogP contribution in [0.25, 0.3) is 6.08 Å². The Bertz CT molecular complexity index is 877. The van der Waals surface area contributed by atoms with Crippen molar-refractivity contribution in [3.63, 3.8) is 0 Å². The summed E-state index contributed by atoms with van der Waals surface area (Å²) < 4.78 is 27.7. The van der Waals surface area contributed by atoms with Crippen LogP contribution in [-0.2, 0) is 11.3 Å². The van der Waals surface area contributed by atoms with Gasteiger partial charge in [0.1, 0.15) is 11.6 Å². The molecule has 0 saturated carbocycles. The second kappa shape index (κ2) is 7.15. The van der Waals surface area contributed by atoms with Crippen LogP contribution in [0.3, 0.4) is 0 Å². The summed E-state index contributed by atoms with van der Waals surface area (Å²) >= 11 is 12.5. The summed E-state index contributed by atoms with van der Waals surface area (Å²) in [7, 11) is 0. The van der Waals surface area contributed by atoms with Gasteiger partial charge in [-0.3, -0.25) is 14.5 Å². The number of rotatable bonds is 3. The molecule has 0 bridgehead atoms. The number of amides is 2. The molecule has 0 atom stereocenters. The topological polar surface area (TPSA) is 37.4 Å². The van der Waals surface area contributed by atoms with Crippen molar-refractivity contribution in [1.29, 1.82) is 0 Å². The third kappa shape index (κ3) is 3.56. The molecule has 1 heterocycles. The van der Waals surface area contributed by atoms with Gasteiger partial charge in [0.15, 0.2) is 0 Å². The Hall–Kier alpha value is -1.89. The molecule has 0 N–H and O–H groups in total. The van der Waals surface area contributed by atoms with Crippen LogP contribution in [-0.4, -0.2) is 16.0 Å². The molecule has 1 aliphatic rings. The summed E-state index contributed by atoms with van der Waals surface area (Å²) in [5, 5.41) is -0.368. The number of imide groups is 1. The lowest BCUT2D eigenvalue weighted by atomic mass is 10.1. The molecular weight excluding hydrogens is 391 g/mol. The second-order valence-electron chi connectivity index (χ2n) is 5.10. The number of carbonyl (C=O) groups is 2. The van der Waals surface area contributed by atoms with E-state index < -0.39 is 22.8 Å². The van der Waals surface area contributed by atoms with E-state index in [0.29, 0.717) is 11.8 Å². The highest BCUT2D eigenvalue weighted by Crippen LogP contribution is 2.36. The Morgan fingerprint density at radius 1 is 1.00 bits per heavy atom. The number of hydrogen-bond donors (Lipinski definition) is 0. The van der Waals surface area contributed by atoms with Crippen LogP contribution >= 0.6 is 35.0 Å². The third-order valence-corrected chi connectivity index (χ3v) is 5.12. The SMILES string of the molecule is O=C1SC(=Cc2c(F)cccc2Cl)C(=O)N1Cc1c(F)cccc1Cl. The fourth-order valence-electron chi connectivity index (χ4n) is 2.26. The predicted octanol–water partition coefficient (Wildman–Crippen LogP) is 5.51. The van der Waals surface area contributed by atoms with E-state index in [4.69, 9.17) is 23.2 Å². The molecule has 25 heavy (non-hydrogen) atoms. The first-order valence-electron chi connectivity index (χ1n) is 7.00. The lowest BCUT2D eigenvalue weighted by Crippen LogP contribution is -2.28. The second-order valence-corrected chi connectivity index (χ2v) is 6.91. The molecule has 128 valence electrons. The van der Waals surface area contributed by atoms with Crippen molar-refractivity contribution in [3.05, 3.63) is 74.1 Å². The molecule has 0 radical (unpaired) electrons. The zero-order valence-corrected chi connectivity index (χ0v) is 14.8. The fourth-order valence-corrected chi connectivity index (χ4v) is 3.52. The van der Waals surface area contributed by atoms with E-state index in [9.17, 15) is 18.4 Å². The van der Waals surface area contributed by atoms with Gasteiger partial charge in [-0.25, -0.2) is 8.78 Å². The van der Waals surface area contributed by atoms with Gasteiger partial charge in [-0.05, 0) is 42.1 Å². The molecule has 1 fully saturated rings. The Morgan fingerprint density at radius 3 is 2.28 bits per heavy atom. The zero-order chi connectivity index (χ0) is 18.1. The van der Waals surface area contributed by atoms with E-state index in [1.165, 1.54) is 42.5 Å². The van der Waals surface area contributed by atoms with Crippen LogP contribution in [0.2, 0.25) is 10.0 Å². The fraction of sp³-hybridized carbons (Fsp3) is 0.0588. The maximum atomic E-state index is 13.9. The smallest absolute Gasteiger partial charge is 0.268 e. The Kier molecular flexibility index (Phi) is 5.13. The highest BCUT2D eigenvalue weighted by atomic mass is 35.5. The maximum Gasteiger partial charge on any atom is 0.293 e. The first kappa shape index (κ1) is 17.9. The first-order chi connectivity index (χ1) is 11.9. The molecule has 1 saturated heterocycles. The molecule has 3 nitrogen and oxygen atoms in total. The minimum Gasteiger partial charge on any atom is -0.268 e. The molecule has 0 spiro atoms. The number of hydrogen-bond acceptors (Lipinski definition) is 3. The molecule has 0 unspecified atom stereocenters. The molecule has 8 heteroatoms. The van der Waals surface area contributed by atoms with Gasteiger partial charge in [-0.2, -0.15) is 0 Å². The lowest BCUT2D eigenvalue weighted by Gasteiger charge is -2.14. The summed E-state index contributed by atoms with van der Waals surface area (Å²) in [6.07, 6.45) is 1.21. The van der Waals surface area contributed by atoms with Gasteiger partial charge < -0.3 is 0 Å². The van der Waals surface area contributed by atoms with Crippen LogP contribution < -0.4 is 0 Å². The van der Waals surface area contributed by atoms with E-state index in [1.54, 1.807) is 0 Å². The van der Waals surface area contributed by atoms with Crippen molar-refractivity contribution in [1.82, 2.24) is 4.90 Å². The number of thioether (sulfide) groups is 1. The van der Waals surface area contributed by atoms with Gasteiger partial charge in [0.25, 0.3) is 11.1 Å². The lowest BCUT2D eigenvalue weighted by molar-refractivity contribution is -0.123. The predicted molar refractivity (Wildman–Crippen MR) is 94.3 cm³/mol. The average Bonchev–Trinajstić information content (AvgIpc) is 2.81. The molecule has 0 aliphatic carbocycles. The minimum atomic E-state index is -0.659. The van der Waals surface area contributed by atoms with Crippen molar-refractivity contribution < 1.29 is 18.4 Å². The van der Waals surface area contributed by atoms with Gasteiger partial charge in [0, 0.05) is 16.1 Å². The average molecular weight is 400 g/mol. The molecule has 1 aliphatic heterocycles. The summed E-state index contributed by atoms with van der Waals surface area (Å²) in [4.78, 5) is 25.4. The van der Waals surface area contributed by atoms with E-state index >= 15 is 0 Å². The van der Waals surface area contributed by atoms with Crippen LogP contribution in [0.4, 0.5) is 13.6 Å². The molecular formula is C17H9Cl2F2NO2S. The van der Waals surface area contributed by atoms with Gasteiger partial charge in [-0.15, -0.1) is 0 Å². The van der Waals surface area contributed by atoms with Crippen molar-refractivity contribution in [3.8, 4) is 0 Å². The Balaban J connectivity index is 1.92. The molecule has 3 rings (SSSR count). The number of benzene rings is 2. The van der Waals surface area contributed by atoms with Crippen molar-refractivity contribution >= 4 is 52.2 Å². The quantitative estimate of drug-likeness (QED) is 0.638. The third-order valence-electron chi connectivity index (χ3n) is 3.53. The molecule has 2 aromatic rings. The van der Waals surface area contributed by atoms with Crippen molar-refractivity contribution in [2.45, 2.75) is 6.54 Å². The molecule has 2 amide bonds. The standard InChI is InChI=1S/C17H9Cl2F2NO2S/c18-11-3-1-5-13(20)9(11)7-15-16(23)22(17(24)25-15)8-10-12(19)4-2-6-14(10)21/h1-7H,8H2. The van der Waals surface area contributed by atoms with Crippen LogP contribution in [0.5, 0.6) is 0 Å². The van der Waals surface area contributed by atoms with Crippen molar-refractivity contribution in [2.75, 3.05) is 0 Å². The Morgan fingerprint density at radius 2 is 1.64 bits per heavy atom. The normalized spacial score (nSPS) is 16.2.